The van der Waals surface area contributed by atoms with Gasteiger partial charge in [-0.05, 0) is 31.0 Å². The highest BCUT2D eigenvalue weighted by molar-refractivity contribution is 5.94. The Morgan fingerprint density at radius 1 is 1.12 bits per heavy atom. The third kappa shape index (κ3) is 6.40. The number of carboxylic acids is 1. The summed E-state index contributed by atoms with van der Waals surface area (Å²) in [4.78, 5) is 36.2. The number of hydrogen-bond acceptors (Lipinski definition) is 3. The van der Waals surface area contributed by atoms with Crippen molar-refractivity contribution in [1.29, 1.82) is 0 Å². The van der Waals surface area contributed by atoms with E-state index in [1.807, 2.05) is 26.0 Å². The molecule has 1 aromatic rings. The third-order valence-electron chi connectivity index (χ3n) is 3.67. The van der Waals surface area contributed by atoms with Gasteiger partial charge in [-0.15, -0.1) is 0 Å². The van der Waals surface area contributed by atoms with Gasteiger partial charge in [-0.25, -0.2) is 0 Å². The zero-order valence-electron chi connectivity index (χ0n) is 14.7. The van der Waals surface area contributed by atoms with Crippen molar-refractivity contribution in [2.45, 2.75) is 46.2 Å². The van der Waals surface area contributed by atoms with Gasteiger partial charge in [-0.1, -0.05) is 26.0 Å². The molecule has 6 nitrogen and oxygen atoms in total. The zero-order valence-corrected chi connectivity index (χ0v) is 14.7. The number of carboxylic acid groups (broad SMARTS) is 1. The predicted octanol–water partition coefficient (Wildman–Crippen LogP) is 2.28. The number of hydrogen-bond donors (Lipinski definition) is 2. The summed E-state index contributed by atoms with van der Waals surface area (Å²) < 4.78 is 0. The van der Waals surface area contributed by atoms with Crippen LogP contribution in [0.5, 0.6) is 0 Å². The molecule has 0 aliphatic heterocycles. The van der Waals surface area contributed by atoms with Crippen molar-refractivity contribution in [3.63, 3.8) is 0 Å². The maximum absolute atomic E-state index is 12.1. The number of aliphatic carboxylic acids is 1. The maximum atomic E-state index is 12.1. The number of carbonyl (C=O) groups excluding carboxylic acids is 2. The van der Waals surface area contributed by atoms with E-state index in [-0.39, 0.29) is 30.2 Å². The first kappa shape index (κ1) is 19.7. The standard InChI is InChI=1S/C18H26N2O4/c1-12(2)18(24)20(4)11-14-6-8-15(9-7-14)17(23)19-13(3)5-10-16(21)22/h6-9,12-13H,5,10-11H2,1-4H3,(H,19,23)(H,21,22). The second-order valence-electron chi connectivity index (χ2n) is 6.35. The van der Waals surface area contributed by atoms with Crippen LogP contribution in [0.25, 0.3) is 0 Å². The largest absolute Gasteiger partial charge is 0.481 e. The first-order valence-corrected chi connectivity index (χ1v) is 8.07. The summed E-state index contributed by atoms with van der Waals surface area (Å²) in [5, 5.41) is 11.4. The second kappa shape index (κ2) is 9.05. The van der Waals surface area contributed by atoms with Crippen LogP contribution in [-0.4, -0.2) is 40.9 Å². The summed E-state index contributed by atoms with van der Waals surface area (Å²) in [6.07, 6.45) is 0.415. The zero-order chi connectivity index (χ0) is 18.3. The molecule has 24 heavy (non-hydrogen) atoms. The maximum Gasteiger partial charge on any atom is 0.303 e. The molecule has 0 fully saturated rings. The predicted molar refractivity (Wildman–Crippen MR) is 91.6 cm³/mol. The Morgan fingerprint density at radius 2 is 1.71 bits per heavy atom. The Balaban J connectivity index is 2.59. The van der Waals surface area contributed by atoms with Crippen LogP contribution in [0.4, 0.5) is 0 Å². The highest BCUT2D eigenvalue weighted by Crippen LogP contribution is 2.10. The lowest BCUT2D eigenvalue weighted by molar-refractivity contribution is -0.137. The first-order valence-electron chi connectivity index (χ1n) is 8.07. The number of carbonyl (C=O) groups is 3. The Hall–Kier alpha value is -2.37. The summed E-state index contributed by atoms with van der Waals surface area (Å²) in [6.45, 7) is 5.99. The van der Waals surface area contributed by atoms with Gasteiger partial charge >= 0.3 is 5.97 Å². The van der Waals surface area contributed by atoms with E-state index in [1.54, 1.807) is 31.0 Å². The van der Waals surface area contributed by atoms with E-state index in [4.69, 9.17) is 5.11 Å². The van der Waals surface area contributed by atoms with Gasteiger partial charge < -0.3 is 15.3 Å². The van der Waals surface area contributed by atoms with Gasteiger partial charge in [0, 0.05) is 37.5 Å². The number of nitrogens with zero attached hydrogens (tertiary/aromatic N) is 1. The van der Waals surface area contributed by atoms with Crippen LogP contribution in [0.2, 0.25) is 0 Å². The smallest absolute Gasteiger partial charge is 0.303 e. The molecule has 0 saturated carbocycles. The highest BCUT2D eigenvalue weighted by Gasteiger charge is 2.14. The molecule has 0 heterocycles. The lowest BCUT2D eigenvalue weighted by atomic mass is 10.1. The van der Waals surface area contributed by atoms with Gasteiger partial charge in [0.2, 0.25) is 5.91 Å². The lowest BCUT2D eigenvalue weighted by Crippen LogP contribution is -2.33. The highest BCUT2D eigenvalue weighted by atomic mass is 16.4. The molecule has 1 unspecified atom stereocenters. The molecule has 0 aliphatic carbocycles. The van der Waals surface area contributed by atoms with Crippen LogP contribution in [0.15, 0.2) is 24.3 Å². The molecule has 2 amide bonds. The molecular weight excluding hydrogens is 308 g/mol. The van der Waals surface area contributed by atoms with Crippen LogP contribution < -0.4 is 5.32 Å². The van der Waals surface area contributed by atoms with Gasteiger partial charge in [0.05, 0.1) is 0 Å². The van der Waals surface area contributed by atoms with Crippen molar-refractivity contribution in [1.82, 2.24) is 10.2 Å². The number of benzene rings is 1. The van der Waals surface area contributed by atoms with E-state index in [2.05, 4.69) is 5.32 Å². The lowest BCUT2D eigenvalue weighted by Gasteiger charge is -2.19. The SMILES string of the molecule is CC(CCC(=O)O)NC(=O)c1ccc(CN(C)C(=O)C(C)C)cc1. The molecule has 2 N–H and O–H groups in total. The normalized spacial score (nSPS) is 11.9. The third-order valence-corrected chi connectivity index (χ3v) is 3.67. The molecule has 0 aromatic heterocycles. The van der Waals surface area contributed by atoms with Crippen molar-refractivity contribution >= 4 is 17.8 Å². The fourth-order valence-electron chi connectivity index (χ4n) is 2.27. The van der Waals surface area contributed by atoms with Gasteiger partial charge in [-0.2, -0.15) is 0 Å². The molecule has 0 radical (unpaired) electrons. The molecule has 1 aromatic carbocycles. The fraction of sp³-hybridized carbons (Fsp3) is 0.500. The van der Waals surface area contributed by atoms with Crippen molar-refractivity contribution in [2.75, 3.05) is 7.05 Å². The van der Waals surface area contributed by atoms with Crippen LogP contribution >= 0.6 is 0 Å². The van der Waals surface area contributed by atoms with Crippen molar-refractivity contribution < 1.29 is 19.5 Å². The summed E-state index contributed by atoms with van der Waals surface area (Å²) in [6, 6.07) is 6.86. The minimum atomic E-state index is -0.875. The monoisotopic (exact) mass is 334 g/mol. The molecule has 0 aliphatic rings. The summed E-state index contributed by atoms with van der Waals surface area (Å²) in [7, 11) is 1.76. The minimum absolute atomic E-state index is 0.0244. The Bertz CT molecular complexity index is 581. The van der Waals surface area contributed by atoms with Gasteiger partial charge in [0.15, 0.2) is 0 Å². The number of amides is 2. The van der Waals surface area contributed by atoms with Crippen LogP contribution in [0, 0.1) is 5.92 Å². The average molecular weight is 334 g/mol. The van der Waals surface area contributed by atoms with E-state index in [9.17, 15) is 14.4 Å². The van der Waals surface area contributed by atoms with E-state index >= 15 is 0 Å². The number of nitrogens with one attached hydrogen (secondary N) is 1. The molecule has 0 bridgehead atoms. The minimum Gasteiger partial charge on any atom is -0.481 e. The molecular formula is C18H26N2O4. The van der Waals surface area contributed by atoms with Gasteiger partial charge in [0.1, 0.15) is 0 Å². The Labute approximate surface area is 142 Å². The molecule has 0 spiro atoms. The molecule has 132 valence electrons. The van der Waals surface area contributed by atoms with E-state index in [1.165, 1.54) is 0 Å². The molecule has 1 atom stereocenters. The first-order chi connectivity index (χ1) is 11.2. The van der Waals surface area contributed by atoms with E-state index in [0.717, 1.165) is 5.56 Å². The molecule has 6 heteroatoms. The van der Waals surface area contributed by atoms with Gasteiger partial charge in [0.25, 0.3) is 5.91 Å². The Kier molecular flexibility index (Phi) is 7.42. The van der Waals surface area contributed by atoms with Gasteiger partial charge in [-0.3, -0.25) is 14.4 Å². The topological polar surface area (TPSA) is 86.7 Å². The quantitative estimate of drug-likeness (QED) is 0.763. The summed E-state index contributed by atoms with van der Waals surface area (Å²) in [5.74, 6) is -1.08. The van der Waals surface area contributed by atoms with Crippen LogP contribution in [0.3, 0.4) is 0 Å². The Morgan fingerprint density at radius 3 is 2.21 bits per heavy atom. The van der Waals surface area contributed by atoms with Crippen LogP contribution in [-0.2, 0) is 16.1 Å². The van der Waals surface area contributed by atoms with Crippen molar-refractivity contribution in [3.8, 4) is 0 Å². The second-order valence-corrected chi connectivity index (χ2v) is 6.35. The molecule has 0 saturated heterocycles. The number of rotatable bonds is 8. The molecule has 1 rings (SSSR count). The van der Waals surface area contributed by atoms with Crippen molar-refractivity contribution in [2.24, 2.45) is 5.92 Å². The van der Waals surface area contributed by atoms with E-state index < -0.39 is 5.97 Å². The average Bonchev–Trinajstić information content (AvgIpc) is 2.52. The van der Waals surface area contributed by atoms with Crippen molar-refractivity contribution in [3.05, 3.63) is 35.4 Å². The van der Waals surface area contributed by atoms with Crippen LogP contribution in [0.1, 0.15) is 49.5 Å². The summed E-state index contributed by atoms with van der Waals surface area (Å²) >= 11 is 0. The van der Waals surface area contributed by atoms with E-state index in [0.29, 0.717) is 18.5 Å². The summed E-state index contributed by atoms with van der Waals surface area (Å²) in [5.41, 5.74) is 1.46. The fourth-order valence-corrected chi connectivity index (χ4v) is 2.27.